The Balaban J connectivity index is 1.44. The molecule has 0 aromatic carbocycles. The number of hydrogen-bond donors (Lipinski definition) is 1. The van der Waals surface area contributed by atoms with E-state index in [0.29, 0.717) is 18.1 Å². The highest BCUT2D eigenvalue weighted by molar-refractivity contribution is 7.09. The summed E-state index contributed by atoms with van der Waals surface area (Å²) >= 11 is 1.51. The fourth-order valence-electron chi connectivity index (χ4n) is 2.61. The minimum atomic E-state index is 0.420. The molecule has 17 heavy (non-hydrogen) atoms. The summed E-state index contributed by atoms with van der Waals surface area (Å²) in [6, 6.07) is 0.461. The van der Waals surface area contributed by atoms with Crippen molar-refractivity contribution in [1.29, 1.82) is 0 Å². The van der Waals surface area contributed by atoms with Gasteiger partial charge in [-0.2, -0.15) is 4.37 Å². The van der Waals surface area contributed by atoms with E-state index in [1.54, 1.807) is 0 Å². The Morgan fingerprint density at radius 3 is 2.82 bits per heavy atom. The van der Waals surface area contributed by atoms with Crippen molar-refractivity contribution in [3.8, 4) is 0 Å². The summed E-state index contributed by atoms with van der Waals surface area (Å²) in [4.78, 5) is 4.59. The summed E-state index contributed by atoms with van der Waals surface area (Å²) < 4.78 is 10.3. The third kappa shape index (κ3) is 2.06. The van der Waals surface area contributed by atoms with Crippen LogP contribution in [0.25, 0.3) is 0 Å². The van der Waals surface area contributed by atoms with Crippen LogP contribution in [0.3, 0.4) is 0 Å². The summed E-state index contributed by atoms with van der Waals surface area (Å²) in [7, 11) is 0. The number of nitrogens with one attached hydrogen (secondary N) is 1. The average molecular weight is 251 g/mol. The fraction of sp³-hybridized carbons (Fsp3) is 0.833. The van der Waals surface area contributed by atoms with Crippen molar-refractivity contribution in [2.24, 2.45) is 5.92 Å². The number of ether oxygens (including phenoxy) is 1. The van der Waals surface area contributed by atoms with Gasteiger partial charge in [-0.15, -0.1) is 0 Å². The zero-order valence-electron chi connectivity index (χ0n) is 9.76. The van der Waals surface area contributed by atoms with Crippen LogP contribution in [-0.2, 0) is 4.74 Å². The van der Waals surface area contributed by atoms with Crippen LogP contribution < -0.4 is 5.32 Å². The van der Waals surface area contributed by atoms with Crippen molar-refractivity contribution >= 4 is 16.7 Å². The minimum Gasteiger partial charge on any atom is -0.376 e. The molecule has 1 aromatic rings. The van der Waals surface area contributed by atoms with Crippen LogP contribution in [0.1, 0.15) is 43.8 Å². The molecule has 92 valence electrons. The van der Waals surface area contributed by atoms with E-state index < -0.39 is 0 Å². The van der Waals surface area contributed by atoms with E-state index in [2.05, 4.69) is 14.7 Å². The molecule has 4 rings (SSSR count). The molecule has 2 saturated carbocycles. The number of hydrogen-bond acceptors (Lipinski definition) is 5. The molecule has 5 heteroatoms. The van der Waals surface area contributed by atoms with Crippen molar-refractivity contribution in [3.63, 3.8) is 0 Å². The zero-order chi connectivity index (χ0) is 11.2. The van der Waals surface area contributed by atoms with Gasteiger partial charge < -0.3 is 10.1 Å². The monoisotopic (exact) mass is 251 g/mol. The molecule has 1 aliphatic heterocycles. The maximum Gasteiger partial charge on any atom is 0.202 e. The van der Waals surface area contributed by atoms with Gasteiger partial charge in [-0.1, -0.05) is 0 Å². The van der Waals surface area contributed by atoms with Crippen LogP contribution >= 0.6 is 11.5 Å². The van der Waals surface area contributed by atoms with Gasteiger partial charge in [-0.3, -0.25) is 0 Å². The van der Waals surface area contributed by atoms with Crippen LogP contribution in [-0.4, -0.2) is 28.1 Å². The first-order valence-electron chi connectivity index (χ1n) is 6.62. The Bertz CT molecular complexity index is 414. The summed E-state index contributed by atoms with van der Waals surface area (Å²) in [5.74, 6) is 2.51. The van der Waals surface area contributed by atoms with E-state index in [-0.39, 0.29) is 0 Å². The molecule has 2 unspecified atom stereocenters. The Labute approximate surface area is 105 Å². The Morgan fingerprint density at radius 2 is 2.06 bits per heavy atom. The van der Waals surface area contributed by atoms with Gasteiger partial charge in [0.2, 0.25) is 5.13 Å². The predicted octanol–water partition coefficient (Wildman–Crippen LogP) is 2.39. The molecule has 2 aliphatic carbocycles. The van der Waals surface area contributed by atoms with Gasteiger partial charge in [0.15, 0.2) is 0 Å². The molecular formula is C12H17N3OS. The second-order valence-corrected chi connectivity index (χ2v) is 6.20. The first kappa shape index (κ1) is 10.3. The smallest absolute Gasteiger partial charge is 0.202 e. The maximum absolute atomic E-state index is 5.82. The van der Waals surface area contributed by atoms with Crippen molar-refractivity contribution in [1.82, 2.24) is 9.36 Å². The van der Waals surface area contributed by atoms with Crippen molar-refractivity contribution < 1.29 is 4.74 Å². The van der Waals surface area contributed by atoms with E-state index >= 15 is 0 Å². The van der Waals surface area contributed by atoms with Crippen LogP contribution in [0.5, 0.6) is 0 Å². The second-order valence-electron chi connectivity index (χ2n) is 5.44. The molecule has 0 spiro atoms. The standard InChI is InChI=1S/C12H17N3OS/c1-2-7(1)10-9(5-6-16-10)13-12-14-11(15-17-12)8-3-4-8/h7-10H,1-6H2,(H,13,14,15). The summed E-state index contributed by atoms with van der Waals surface area (Å²) in [5.41, 5.74) is 0. The first-order valence-corrected chi connectivity index (χ1v) is 7.39. The normalized spacial score (nSPS) is 32.9. The van der Waals surface area contributed by atoms with Gasteiger partial charge in [-0.05, 0) is 38.0 Å². The number of anilines is 1. The number of nitrogens with zero attached hydrogens (tertiary/aromatic N) is 2. The molecule has 3 aliphatic rings. The first-order chi connectivity index (χ1) is 8.40. The lowest BCUT2D eigenvalue weighted by molar-refractivity contribution is 0.0898. The zero-order valence-corrected chi connectivity index (χ0v) is 10.6. The SMILES string of the molecule is C1CC(Nc2nc(C3CC3)ns2)C(C2CC2)O1. The van der Waals surface area contributed by atoms with Crippen molar-refractivity contribution in [3.05, 3.63) is 5.82 Å². The van der Waals surface area contributed by atoms with Gasteiger partial charge >= 0.3 is 0 Å². The number of aromatic nitrogens is 2. The molecule has 1 aromatic heterocycles. The third-order valence-electron chi connectivity index (χ3n) is 3.92. The largest absolute Gasteiger partial charge is 0.376 e. The molecule has 3 fully saturated rings. The van der Waals surface area contributed by atoms with Crippen molar-refractivity contribution in [2.75, 3.05) is 11.9 Å². The average Bonchev–Trinajstić information content (AvgIpc) is 3.27. The van der Waals surface area contributed by atoms with E-state index in [0.717, 1.165) is 29.9 Å². The van der Waals surface area contributed by atoms with E-state index in [4.69, 9.17) is 4.74 Å². The van der Waals surface area contributed by atoms with Gasteiger partial charge in [0.05, 0.1) is 12.1 Å². The van der Waals surface area contributed by atoms with Crippen molar-refractivity contribution in [2.45, 2.75) is 50.2 Å². The number of rotatable bonds is 4. The quantitative estimate of drug-likeness (QED) is 0.892. The highest BCUT2D eigenvalue weighted by Crippen LogP contribution is 2.41. The molecule has 2 atom stereocenters. The molecule has 1 N–H and O–H groups in total. The maximum atomic E-state index is 5.82. The van der Waals surface area contributed by atoms with E-state index in [1.807, 2.05) is 0 Å². The minimum absolute atomic E-state index is 0.420. The van der Waals surface area contributed by atoms with Gasteiger partial charge in [-0.25, -0.2) is 4.98 Å². The molecule has 4 nitrogen and oxygen atoms in total. The Hall–Kier alpha value is -0.680. The van der Waals surface area contributed by atoms with Crippen LogP contribution in [0.2, 0.25) is 0 Å². The summed E-state index contributed by atoms with van der Waals surface area (Å²) in [6.07, 6.45) is 6.75. The third-order valence-corrected chi connectivity index (χ3v) is 4.58. The lowest BCUT2D eigenvalue weighted by atomic mass is 10.1. The van der Waals surface area contributed by atoms with Gasteiger partial charge in [0.25, 0.3) is 0 Å². The highest BCUT2D eigenvalue weighted by atomic mass is 32.1. The topological polar surface area (TPSA) is 47.0 Å². The molecule has 0 radical (unpaired) electrons. The van der Waals surface area contributed by atoms with Gasteiger partial charge in [0.1, 0.15) is 5.82 Å². The molecular weight excluding hydrogens is 234 g/mol. The molecule has 0 bridgehead atoms. The van der Waals surface area contributed by atoms with Crippen LogP contribution in [0, 0.1) is 5.92 Å². The Morgan fingerprint density at radius 1 is 1.18 bits per heavy atom. The Kier molecular flexibility index (Phi) is 2.36. The van der Waals surface area contributed by atoms with E-state index in [9.17, 15) is 0 Å². The molecule has 1 saturated heterocycles. The van der Waals surface area contributed by atoms with Crippen LogP contribution in [0.15, 0.2) is 0 Å². The molecule has 0 amide bonds. The highest BCUT2D eigenvalue weighted by Gasteiger charge is 2.41. The fourth-order valence-corrected chi connectivity index (χ4v) is 3.32. The van der Waals surface area contributed by atoms with E-state index in [1.165, 1.54) is 37.2 Å². The lowest BCUT2D eigenvalue weighted by Crippen LogP contribution is -2.30. The van der Waals surface area contributed by atoms with Crippen LogP contribution in [0.4, 0.5) is 5.13 Å². The summed E-state index contributed by atoms with van der Waals surface area (Å²) in [6.45, 7) is 0.896. The second kappa shape index (κ2) is 3.92. The summed E-state index contributed by atoms with van der Waals surface area (Å²) in [5, 5.41) is 4.53. The predicted molar refractivity (Wildman–Crippen MR) is 66.4 cm³/mol. The van der Waals surface area contributed by atoms with Gasteiger partial charge in [0, 0.05) is 24.1 Å². The lowest BCUT2D eigenvalue weighted by Gasteiger charge is -2.18. The molecule has 2 heterocycles.